The highest BCUT2D eigenvalue weighted by Gasteiger charge is 2.23. The predicted octanol–water partition coefficient (Wildman–Crippen LogP) is 19.0. The predicted molar refractivity (Wildman–Crippen MR) is 525 cm³/mol. The number of thiophene rings is 6. The van der Waals surface area contributed by atoms with Crippen LogP contribution in [0.25, 0.3) is 78.9 Å². The molecule has 11 aromatic heterocycles. The van der Waals surface area contributed by atoms with Crippen molar-refractivity contribution in [3.63, 3.8) is 0 Å². The molecular weight excluding hydrogens is 1830 g/mol. The van der Waals surface area contributed by atoms with Crippen LogP contribution >= 0.6 is 79.4 Å². The number of nitriles is 3. The molecule has 0 saturated heterocycles. The molecule has 0 fully saturated rings. The van der Waals surface area contributed by atoms with Gasteiger partial charge in [0, 0.05) is 102 Å². The van der Waals surface area contributed by atoms with Crippen LogP contribution in [0.4, 0.5) is 46.8 Å². The largest absolute Gasteiger partial charge is 0.459 e. The Morgan fingerprint density at radius 2 is 0.789 bits per heavy atom. The molecule has 5 aromatic carbocycles. The number of anilines is 6. The van der Waals surface area contributed by atoms with E-state index >= 15 is 0 Å². The van der Waals surface area contributed by atoms with Crippen molar-refractivity contribution in [1.29, 1.82) is 15.8 Å². The third kappa shape index (κ3) is 27.2. The summed E-state index contributed by atoms with van der Waals surface area (Å²) in [5, 5.41) is 41.1. The van der Waals surface area contributed by atoms with Gasteiger partial charge in [0.15, 0.2) is 5.58 Å². The number of fused-ring (bicyclic) bond motifs is 5. The molecule has 0 radical (unpaired) electrons. The number of nitrogens with one attached hydrogen (secondary N) is 3. The normalized spacial score (nSPS) is 11.5. The maximum Gasteiger partial charge on any atom is 0.407 e. The summed E-state index contributed by atoms with van der Waals surface area (Å²) in [7, 11) is 5.86. The van der Waals surface area contributed by atoms with Gasteiger partial charge in [-0.25, -0.2) is 44.1 Å². The molecule has 0 aliphatic carbocycles. The minimum atomic E-state index is -0.675. The Hall–Kier alpha value is -15.2. The molecule has 16 rings (SSSR count). The monoisotopic (exact) mass is 1910 g/mol. The molecule has 133 heavy (non-hydrogen) atoms. The maximum atomic E-state index is 12.3. The molecule has 0 aliphatic rings. The minimum absolute atomic E-state index is 0.0381. The van der Waals surface area contributed by atoms with E-state index in [1.54, 1.807) is 120 Å². The van der Waals surface area contributed by atoms with Crippen LogP contribution in [0.2, 0.25) is 0 Å². The summed E-state index contributed by atoms with van der Waals surface area (Å²) in [5.74, 6) is 0.711. The van der Waals surface area contributed by atoms with E-state index in [0.717, 1.165) is 112 Å². The van der Waals surface area contributed by atoms with Crippen molar-refractivity contribution >= 4 is 215 Å². The van der Waals surface area contributed by atoms with Crippen LogP contribution in [-0.4, -0.2) is 130 Å². The number of likely N-dealkylation sites (N-methyl/N-ethyl adjacent to an activating group) is 3. The van der Waals surface area contributed by atoms with E-state index in [-0.39, 0.29) is 43.4 Å². The van der Waals surface area contributed by atoms with E-state index in [9.17, 15) is 35.0 Å². The van der Waals surface area contributed by atoms with Crippen molar-refractivity contribution < 1.29 is 56.8 Å². The molecule has 676 valence electrons. The molecule has 3 amide bonds. The van der Waals surface area contributed by atoms with Crippen molar-refractivity contribution in [1.82, 2.24) is 55.8 Å². The van der Waals surface area contributed by atoms with E-state index in [1.165, 1.54) is 28.9 Å². The number of oxazole rings is 1. The average Bonchev–Trinajstić information content (AvgIpc) is 1.65. The molecule has 0 atom stereocenters. The lowest BCUT2D eigenvalue weighted by molar-refractivity contribution is -0.149. The highest BCUT2D eigenvalue weighted by atomic mass is 32.1. The van der Waals surface area contributed by atoms with Gasteiger partial charge >= 0.3 is 42.3 Å². The topological polar surface area (TPSA) is 444 Å². The SMILES string of the molecule is CN(CCOC(=O)NCc1ccc(COc2nccc(N)n2)cc1)c1cc2sc(/C=C(\C#N)C(=O)OC(C)(C)C)cc2s1.CN(CCOC(=O)NCc1ccc(COc2nccc(N)n2)cc1)c1cc2sc(/C=C(\C#N)c3nc4ccccc4o3)cc2s1.CN(CCOC(=O)NCc1ccc(COc2nccc(N)n2)cc1)c1cc2sc(/C=C(\C#N)c3nc4ccccc4s3)cc2s1. The van der Waals surface area contributed by atoms with E-state index < -0.39 is 29.9 Å². The number of benzene rings is 5. The third-order valence-electron chi connectivity index (χ3n) is 19.1. The molecule has 9 N–H and O–H groups in total. The number of alkyl carbamates (subject to hydrolysis) is 3. The van der Waals surface area contributed by atoms with Gasteiger partial charge in [0.05, 0.1) is 50.4 Å². The van der Waals surface area contributed by atoms with Gasteiger partial charge in [0.25, 0.3) is 0 Å². The van der Waals surface area contributed by atoms with Gasteiger partial charge in [-0.1, -0.05) is 97.1 Å². The smallest absolute Gasteiger partial charge is 0.407 e. The molecule has 32 nitrogen and oxygen atoms in total. The second-order valence-corrected chi connectivity index (χ2v) is 37.8. The van der Waals surface area contributed by atoms with Gasteiger partial charge in [-0.3, -0.25) is 0 Å². The molecule has 11 heterocycles. The number of thiazole rings is 1. The van der Waals surface area contributed by atoms with Crippen molar-refractivity contribution in [3.8, 4) is 36.2 Å². The first-order chi connectivity index (χ1) is 64.3. The van der Waals surface area contributed by atoms with Crippen LogP contribution < -0.4 is 62.1 Å². The Morgan fingerprint density at radius 3 is 1.16 bits per heavy atom. The molecule has 0 aliphatic heterocycles. The molecule has 0 spiro atoms. The fraction of sp³-hybridized carbons (Fsp3) is 0.202. The summed E-state index contributed by atoms with van der Waals surface area (Å²) in [6, 6.07) is 62.5. The quantitative estimate of drug-likeness (QED) is 0.00963. The first kappa shape index (κ1) is 94.0. The zero-order chi connectivity index (χ0) is 93.3. The molecule has 0 unspecified atom stereocenters. The maximum absolute atomic E-state index is 12.3. The number of ether oxygens (including phenoxy) is 7. The Bertz CT molecular complexity index is 6560. The van der Waals surface area contributed by atoms with E-state index in [1.807, 2.05) is 172 Å². The number of esters is 1. The van der Waals surface area contributed by atoms with Crippen LogP contribution in [0.15, 0.2) is 205 Å². The summed E-state index contributed by atoms with van der Waals surface area (Å²) in [4.78, 5) is 91.0. The Morgan fingerprint density at radius 1 is 0.421 bits per heavy atom. The fourth-order valence-electron chi connectivity index (χ4n) is 12.3. The second kappa shape index (κ2) is 44.9. The number of carbonyl (C=O) groups is 4. The number of nitrogen functional groups attached to an aromatic ring is 3. The first-order valence-corrected chi connectivity index (χ1v) is 46.7. The van der Waals surface area contributed by atoms with Crippen LogP contribution in [0.3, 0.4) is 0 Å². The number of rotatable bonds is 33. The van der Waals surface area contributed by atoms with Crippen LogP contribution in [0.1, 0.15) is 79.7 Å². The second-order valence-electron chi connectivity index (χ2n) is 30.2. The molecule has 39 heteroatoms. The summed E-state index contributed by atoms with van der Waals surface area (Å²) in [6.07, 6.45) is 8.44. The van der Waals surface area contributed by atoms with Gasteiger partial charge in [-0.15, -0.1) is 79.4 Å². The van der Waals surface area contributed by atoms with E-state index in [2.05, 4.69) is 102 Å². The molecule has 16 aromatic rings. The number of hydrogen-bond donors (Lipinski definition) is 6. The summed E-state index contributed by atoms with van der Waals surface area (Å²) in [5.41, 5.74) is 25.0. The van der Waals surface area contributed by atoms with Crippen LogP contribution in [-0.2, 0) is 63.2 Å². The Kier molecular flexibility index (Phi) is 31.7. The van der Waals surface area contributed by atoms with Crippen LogP contribution in [0, 0.1) is 34.0 Å². The molecular formula is C94H86N20O12S7. The minimum Gasteiger partial charge on any atom is -0.459 e. The van der Waals surface area contributed by atoms with Gasteiger partial charge in [-0.05, 0) is 151 Å². The van der Waals surface area contributed by atoms with Crippen molar-refractivity contribution in [3.05, 3.63) is 259 Å². The first-order valence-electron chi connectivity index (χ1n) is 41.0. The lowest BCUT2D eigenvalue weighted by Gasteiger charge is -2.18. The van der Waals surface area contributed by atoms with E-state index in [0.29, 0.717) is 99.2 Å². The fourth-order valence-corrected chi connectivity index (χ4v) is 20.2. The van der Waals surface area contributed by atoms with Crippen molar-refractivity contribution in [2.24, 2.45) is 0 Å². The van der Waals surface area contributed by atoms with Crippen LogP contribution in [0.5, 0.6) is 18.0 Å². The standard InChI is InChI=1S/C32H27N7O4S2.C32H27N7O3S3.C30H32N6O5S2/c1-39(12-13-41-32(40)36-18-20-6-8-21(9-7-20)19-42-31-35-11-10-28(34)38-31)29-16-27-26(45-29)15-23(44-27)14-22(17-33)30-37-24-4-2-3-5-25(24)43-30;1-39(12-13-41-32(40)36-18-20-6-8-21(9-7-20)19-42-31-35-11-10-28(34)38-31)29-16-27-26(44-29)15-23(43-27)14-22(17-33)30-37-24-4-2-3-5-25(24)45-30;1-30(2,3)41-27(37)21(16-31)13-22-14-23-24(42-22)15-26(43-23)36(4)11-12-39-29(38)34-17-19-5-7-20(8-6-19)18-40-28-33-10-9-25(32)35-28/h2*2-11,14-16H,12-13,18-19H2,1H3,(H,36,40)(H2,34,35,38);5-10,13-15H,11-12,17-18H2,1-4H3,(H,34,38)(H2,32,33,35)/b2*22-14+;21-13+. The zero-order valence-corrected chi connectivity index (χ0v) is 78.2. The van der Waals surface area contributed by atoms with Gasteiger partial charge in [0.2, 0.25) is 5.89 Å². The number of amides is 3. The molecule has 0 saturated carbocycles. The number of aromatic nitrogens is 8. The highest BCUT2D eigenvalue weighted by molar-refractivity contribution is 7.31. The van der Waals surface area contributed by atoms with Gasteiger partial charge in [-0.2, -0.15) is 30.7 Å². The zero-order valence-electron chi connectivity index (χ0n) is 72.4. The van der Waals surface area contributed by atoms with Gasteiger partial charge < -0.3 is 85.4 Å². The third-order valence-corrected chi connectivity index (χ3v) is 27.2. The summed E-state index contributed by atoms with van der Waals surface area (Å²) >= 11 is 11.1. The van der Waals surface area contributed by atoms with E-state index in [4.69, 9.17) is 54.8 Å². The average molecular weight is 1910 g/mol. The Labute approximate surface area is 791 Å². The van der Waals surface area contributed by atoms with Gasteiger partial charge in [0.1, 0.15) is 103 Å². The summed E-state index contributed by atoms with van der Waals surface area (Å²) < 4.78 is 51.5. The van der Waals surface area contributed by atoms with Crippen molar-refractivity contribution in [2.75, 3.05) is 92.5 Å². The number of nitrogens with two attached hydrogens (primary N) is 3. The summed E-state index contributed by atoms with van der Waals surface area (Å²) in [6.45, 7) is 9.49. The number of nitrogens with zero attached hydrogens (tertiary/aromatic N) is 14. The number of para-hydroxylation sites is 3. The molecule has 0 bridgehead atoms. The number of carbonyl (C=O) groups excluding carboxylic acids is 4. The number of allylic oxidation sites excluding steroid dienone is 2. The highest BCUT2D eigenvalue weighted by Crippen LogP contribution is 2.42. The lowest BCUT2D eigenvalue weighted by atomic mass is 10.1. The van der Waals surface area contributed by atoms with Crippen molar-refractivity contribution in [2.45, 2.75) is 65.8 Å². The lowest BCUT2D eigenvalue weighted by Crippen LogP contribution is -2.28. The number of hydrogen-bond acceptors (Lipinski definition) is 36. The Balaban J connectivity index is 0.000000160.